The van der Waals surface area contributed by atoms with E-state index in [1.54, 1.807) is 6.92 Å². The second-order valence-corrected chi connectivity index (χ2v) is 11.8. The SMILES string of the molecule is Cc1[nH]n(C2CCC(S(=O)(=O)[O-])CC2)c(=O)c1N=Nc1nc(SCCS(=O)(=O)[O-])ns1.[Na+].[Na+]. The van der Waals surface area contributed by atoms with Crippen LogP contribution < -0.4 is 64.7 Å². The molecule has 172 valence electrons. The van der Waals surface area contributed by atoms with Crippen molar-refractivity contribution >= 4 is 54.3 Å². The molecule has 0 spiro atoms. The Morgan fingerprint density at radius 2 is 1.79 bits per heavy atom. The van der Waals surface area contributed by atoms with Crippen LogP contribution >= 0.6 is 23.3 Å². The van der Waals surface area contributed by atoms with Gasteiger partial charge in [0.05, 0.1) is 32.0 Å². The predicted molar refractivity (Wildman–Crippen MR) is 110 cm³/mol. The third-order valence-electron chi connectivity index (χ3n) is 4.68. The Labute approximate surface area is 242 Å². The molecule has 0 aromatic carbocycles. The first-order valence-corrected chi connectivity index (χ1v) is 13.8. The predicted octanol–water partition coefficient (Wildman–Crippen LogP) is -4.57. The van der Waals surface area contributed by atoms with Crippen LogP contribution in [0.5, 0.6) is 0 Å². The van der Waals surface area contributed by atoms with Crippen molar-refractivity contribution in [3.05, 3.63) is 16.0 Å². The van der Waals surface area contributed by atoms with Gasteiger partial charge in [0, 0.05) is 28.3 Å². The monoisotopic (exact) mass is 556 g/mol. The minimum atomic E-state index is -4.34. The van der Waals surface area contributed by atoms with E-state index < -0.39 is 36.8 Å². The molecule has 0 unspecified atom stereocenters. The van der Waals surface area contributed by atoms with E-state index >= 15 is 0 Å². The zero-order valence-electron chi connectivity index (χ0n) is 18.1. The first-order chi connectivity index (χ1) is 14.4. The molecular formula is C14H18N6Na2O7S4. The molecule has 1 N–H and O–H groups in total. The minimum Gasteiger partial charge on any atom is -0.748 e. The summed E-state index contributed by atoms with van der Waals surface area (Å²) in [4.78, 5) is 16.7. The zero-order valence-corrected chi connectivity index (χ0v) is 25.4. The summed E-state index contributed by atoms with van der Waals surface area (Å²) in [5, 5.41) is 10.2. The van der Waals surface area contributed by atoms with Crippen molar-refractivity contribution in [2.75, 3.05) is 11.5 Å². The third-order valence-corrected chi connectivity index (χ3v) is 8.49. The summed E-state index contributed by atoms with van der Waals surface area (Å²) in [6.45, 7) is 1.64. The minimum absolute atomic E-state index is 0. The third kappa shape index (κ3) is 9.05. The molecule has 0 aliphatic heterocycles. The van der Waals surface area contributed by atoms with Crippen molar-refractivity contribution in [3.8, 4) is 0 Å². The van der Waals surface area contributed by atoms with E-state index in [4.69, 9.17) is 0 Å². The van der Waals surface area contributed by atoms with Crippen molar-refractivity contribution in [2.45, 2.75) is 49.1 Å². The fourth-order valence-corrected chi connectivity index (χ4v) is 6.27. The van der Waals surface area contributed by atoms with Crippen molar-refractivity contribution < 1.29 is 85.1 Å². The van der Waals surface area contributed by atoms with Gasteiger partial charge in [-0.1, -0.05) is 11.8 Å². The summed E-state index contributed by atoms with van der Waals surface area (Å²) in [6, 6.07) is -0.269. The Kier molecular flexibility index (Phi) is 12.4. The van der Waals surface area contributed by atoms with Gasteiger partial charge in [-0.05, 0) is 32.6 Å². The summed E-state index contributed by atoms with van der Waals surface area (Å²) >= 11 is 1.89. The number of aromatic nitrogens is 4. The van der Waals surface area contributed by atoms with E-state index in [0.717, 1.165) is 23.3 Å². The average Bonchev–Trinajstić information content (AvgIpc) is 3.23. The number of aryl methyl sites for hydroxylation is 1. The van der Waals surface area contributed by atoms with Gasteiger partial charge >= 0.3 is 59.1 Å². The topological polar surface area (TPSA) is 203 Å². The van der Waals surface area contributed by atoms with Gasteiger partial charge in [-0.2, -0.15) is 9.36 Å². The molecule has 1 aliphatic carbocycles. The van der Waals surface area contributed by atoms with Crippen molar-refractivity contribution in [1.29, 1.82) is 0 Å². The molecule has 1 fully saturated rings. The Morgan fingerprint density at radius 3 is 2.36 bits per heavy atom. The summed E-state index contributed by atoms with van der Waals surface area (Å²) in [6.07, 6.45) is 1.13. The average molecular weight is 557 g/mol. The first kappa shape index (κ1) is 31.4. The molecule has 1 saturated carbocycles. The van der Waals surface area contributed by atoms with Crippen LogP contribution in [0.1, 0.15) is 37.4 Å². The summed E-state index contributed by atoms with van der Waals surface area (Å²) < 4.78 is 70.7. The summed E-state index contributed by atoms with van der Waals surface area (Å²) in [5.41, 5.74) is 0.113. The van der Waals surface area contributed by atoms with Gasteiger partial charge in [0.15, 0.2) is 5.69 Å². The number of thioether (sulfide) groups is 1. The quantitative estimate of drug-likeness (QED) is 0.143. The molecule has 0 amide bonds. The molecule has 0 bridgehead atoms. The molecule has 0 saturated heterocycles. The fraction of sp³-hybridized carbons (Fsp3) is 0.643. The molecule has 33 heavy (non-hydrogen) atoms. The van der Waals surface area contributed by atoms with E-state index in [2.05, 4.69) is 24.7 Å². The zero-order chi connectivity index (χ0) is 22.8. The molecule has 19 heteroatoms. The van der Waals surface area contributed by atoms with Crippen molar-refractivity contribution in [3.63, 3.8) is 0 Å². The number of hydrogen-bond acceptors (Lipinski definition) is 13. The number of nitrogens with one attached hydrogen (secondary N) is 1. The molecule has 0 atom stereocenters. The van der Waals surface area contributed by atoms with E-state index in [1.165, 1.54) is 4.68 Å². The Morgan fingerprint density at radius 1 is 1.15 bits per heavy atom. The maximum atomic E-state index is 12.7. The Balaban J connectivity index is 0.00000272. The van der Waals surface area contributed by atoms with Gasteiger partial charge in [0.2, 0.25) is 10.3 Å². The number of azo groups is 1. The maximum absolute atomic E-state index is 12.7. The van der Waals surface area contributed by atoms with E-state index in [-0.39, 0.29) is 99.7 Å². The second-order valence-electron chi connectivity index (χ2n) is 6.85. The van der Waals surface area contributed by atoms with Crippen LogP contribution in [0.2, 0.25) is 0 Å². The van der Waals surface area contributed by atoms with Crippen LogP contribution in [0.4, 0.5) is 10.8 Å². The van der Waals surface area contributed by atoms with E-state index in [1.807, 2.05) is 0 Å². The van der Waals surface area contributed by atoms with Gasteiger partial charge in [-0.3, -0.25) is 9.89 Å². The summed E-state index contributed by atoms with van der Waals surface area (Å²) in [5.74, 6) is -0.533. The number of nitrogens with zero attached hydrogens (tertiary/aromatic N) is 5. The first-order valence-electron chi connectivity index (χ1n) is 9.01. The van der Waals surface area contributed by atoms with Crippen LogP contribution in [0.3, 0.4) is 0 Å². The number of H-pyrrole nitrogens is 1. The summed E-state index contributed by atoms with van der Waals surface area (Å²) in [7, 11) is -8.65. The fourth-order valence-electron chi connectivity index (χ4n) is 3.16. The molecule has 0 radical (unpaired) electrons. The molecule has 2 aromatic rings. The molecule has 3 rings (SSSR count). The number of rotatable bonds is 8. The molecule has 2 heterocycles. The van der Waals surface area contributed by atoms with Gasteiger partial charge in [0.1, 0.15) is 0 Å². The van der Waals surface area contributed by atoms with Gasteiger partial charge in [0.25, 0.3) is 5.56 Å². The van der Waals surface area contributed by atoms with E-state index in [0.29, 0.717) is 18.5 Å². The van der Waals surface area contributed by atoms with E-state index in [9.17, 15) is 30.7 Å². The van der Waals surface area contributed by atoms with Crippen molar-refractivity contribution in [1.82, 2.24) is 19.1 Å². The molecule has 1 aliphatic rings. The van der Waals surface area contributed by atoms with Crippen molar-refractivity contribution in [2.24, 2.45) is 10.2 Å². The van der Waals surface area contributed by atoms with Crippen LogP contribution in [0.15, 0.2) is 20.2 Å². The largest absolute Gasteiger partial charge is 1.00 e. The van der Waals surface area contributed by atoms with Gasteiger partial charge < -0.3 is 9.11 Å². The van der Waals surface area contributed by atoms with Crippen LogP contribution in [-0.2, 0) is 20.2 Å². The van der Waals surface area contributed by atoms with Crippen LogP contribution in [0.25, 0.3) is 0 Å². The Hall–Kier alpha value is 0.340. The van der Waals surface area contributed by atoms with Crippen LogP contribution in [-0.4, -0.2) is 61.8 Å². The smallest absolute Gasteiger partial charge is 0.748 e. The van der Waals surface area contributed by atoms with Gasteiger partial charge in [-0.15, -0.1) is 10.2 Å². The second kappa shape index (κ2) is 13.0. The molecule has 2 aromatic heterocycles. The van der Waals surface area contributed by atoms with Crippen LogP contribution in [0, 0.1) is 6.92 Å². The van der Waals surface area contributed by atoms with Gasteiger partial charge in [-0.25, -0.2) is 21.5 Å². The maximum Gasteiger partial charge on any atom is 1.00 e. The Bertz CT molecular complexity index is 1230. The molecular weight excluding hydrogens is 538 g/mol. The number of aromatic amines is 1. The standard InChI is InChI=1S/C14H20N6O7S4.2Na/c1-8-11(16-17-13-15-14(19-29-13)28-6-7-30(22,23)24)12(21)20(18-8)9-2-4-10(5-3-9)31(25,26)27;;/h9-10,18H,2-7H2,1H3,(H,22,23,24)(H,25,26,27);;/q;2*+1/p-2. The normalized spacial score (nSPS) is 19.2. The molecule has 13 nitrogen and oxygen atoms in total. The number of hydrogen-bond donors (Lipinski definition) is 1.